The standard InChI is InChI=1S/C22H29ClN2O5S/c1-6-11-30-21-19(23)12-17(13-20(21)29-5)22(26)24-14-16-7-9-18(10-8-16)31(27,28)25(4)15(2)3/h7-10,12-13,15H,6,11,14H2,1-5H3,(H,24,26). The Balaban J connectivity index is 2.10. The molecule has 0 aliphatic heterocycles. The molecule has 0 radical (unpaired) electrons. The van der Waals surface area contributed by atoms with Crippen molar-refractivity contribution >= 4 is 27.5 Å². The van der Waals surface area contributed by atoms with Crippen LogP contribution >= 0.6 is 11.6 Å². The summed E-state index contributed by atoms with van der Waals surface area (Å²) in [5.74, 6) is 0.458. The van der Waals surface area contributed by atoms with Crippen LogP contribution < -0.4 is 14.8 Å². The second-order valence-electron chi connectivity index (χ2n) is 7.28. The van der Waals surface area contributed by atoms with E-state index in [4.69, 9.17) is 21.1 Å². The zero-order valence-electron chi connectivity index (χ0n) is 18.4. The van der Waals surface area contributed by atoms with Gasteiger partial charge in [-0.25, -0.2) is 8.42 Å². The van der Waals surface area contributed by atoms with E-state index in [1.807, 2.05) is 20.8 Å². The van der Waals surface area contributed by atoms with Crippen molar-refractivity contribution in [3.05, 3.63) is 52.5 Å². The van der Waals surface area contributed by atoms with Gasteiger partial charge in [-0.15, -0.1) is 0 Å². The van der Waals surface area contributed by atoms with E-state index < -0.39 is 10.0 Å². The number of nitrogens with zero attached hydrogens (tertiary/aromatic N) is 1. The fourth-order valence-electron chi connectivity index (χ4n) is 2.70. The second kappa shape index (κ2) is 10.8. The lowest BCUT2D eigenvalue weighted by atomic mass is 10.1. The van der Waals surface area contributed by atoms with Crippen molar-refractivity contribution in [1.82, 2.24) is 9.62 Å². The highest BCUT2D eigenvalue weighted by Crippen LogP contribution is 2.36. The summed E-state index contributed by atoms with van der Waals surface area (Å²) in [5, 5.41) is 3.10. The Morgan fingerprint density at radius 2 is 1.84 bits per heavy atom. The molecular formula is C22H29ClN2O5S. The number of methoxy groups -OCH3 is 1. The normalized spacial score (nSPS) is 11.6. The number of hydrogen-bond acceptors (Lipinski definition) is 5. The topological polar surface area (TPSA) is 84.9 Å². The van der Waals surface area contributed by atoms with Crippen LogP contribution in [0.1, 0.15) is 43.1 Å². The Bertz CT molecular complexity index is 1010. The molecule has 0 fully saturated rings. The van der Waals surface area contributed by atoms with Crippen LogP contribution in [0.15, 0.2) is 41.3 Å². The first-order chi connectivity index (χ1) is 14.6. The Morgan fingerprint density at radius 1 is 1.19 bits per heavy atom. The molecule has 0 atom stereocenters. The lowest BCUT2D eigenvalue weighted by molar-refractivity contribution is 0.0950. The van der Waals surface area contributed by atoms with E-state index >= 15 is 0 Å². The largest absolute Gasteiger partial charge is 0.493 e. The Labute approximate surface area is 189 Å². The maximum absolute atomic E-state index is 12.6. The predicted octanol–water partition coefficient (Wildman–Crippen LogP) is 4.10. The van der Waals surface area contributed by atoms with Gasteiger partial charge in [0.05, 0.1) is 23.6 Å². The molecule has 170 valence electrons. The molecule has 7 nitrogen and oxygen atoms in total. The van der Waals surface area contributed by atoms with E-state index in [9.17, 15) is 13.2 Å². The summed E-state index contributed by atoms with van der Waals surface area (Å²) >= 11 is 6.27. The molecule has 0 saturated heterocycles. The fourth-order valence-corrected chi connectivity index (χ4v) is 4.34. The molecule has 9 heteroatoms. The molecule has 0 aromatic heterocycles. The van der Waals surface area contributed by atoms with E-state index in [0.717, 1.165) is 12.0 Å². The predicted molar refractivity (Wildman–Crippen MR) is 121 cm³/mol. The van der Waals surface area contributed by atoms with Gasteiger partial charge in [0.1, 0.15) is 0 Å². The summed E-state index contributed by atoms with van der Waals surface area (Å²) < 4.78 is 37.3. The number of amides is 1. The highest BCUT2D eigenvalue weighted by atomic mass is 35.5. The summed E-state index contributed by atoms with van der Waals surface area (Å²) in [6, 6.07) is 9.38. The summed E-state index contributed by atoms with van der Waals surface area (Å²) in [4.78, 5) is 12.8. The average molecular weight is 469 g/mol. The first kappa shape index (κ1) is 25.0. The summed E-state index contributed by atoms with van der Waals surface area (Å²) in [6.45, 7) is 6.32. The Kier molecular flexibility index (Phi) is 8.73. The smallest absolute Gasteiger partial charge is 0.251 e. The number of hydrogen-bond donors (Lipinski definition) is 1. The maximum Gasteiger partial charge on any atom is 0.251 e. The van der Waals surface area contributed by atoms with Gasteiger partial charge in [-0.1, -0.05) is 30.7 Å². The number of sulfonamides is 1. The van der Waals surface area contributed by atoms with Crippen LogP contribution in [0.3, 0.4) is 0 Å². The van der Waals surface area contributed by atoms with Gasteiger partial charge in [0.15, 0.2) is 11.5 Å². The zero-order valence-corrected chi connectivity index (χ0v) is 20.0. The van der Waals surface area contributed by atoms with Gasteiger partial charge in [0.25, 0.3) is 5.91 Å². The summed E-state index contributed by atoms with van der Waals surface area (Å²) in [5.41, 5.74) is 1.10. The van der Waals surface area contributed by atoms with Crippen molar-refractivity contribution in [3.63, 3.8) is 0 Å². The minimum atomic E-state index is -3.55. The summed E-state index contributed by atoms with van der Waals surface area (Å²) in [7, 11) is -0.515. The van der Waals surface area contributed by atoms with Crippen LogP contribution in [-0.4, -0.2) is 45.4 Å². The van der Waals surface area contributed by atoms with Crippen LogP contribution in [0.25, 0.3) is 0 Å². The Morgan fingerprint density at radius 3 is 2.39 bits per heavy atom. The first-order valence-electron chi connectivity index (χ1n) is 9.97. The highest BCUT2D eigenvalue weighted by Gasteiger charge is 2.23. The van der Waals surface area contributed by atoms with Crippen molar-refractivity contribution in [2.45, 2.75) is 44.7 Å². The van der Waals surface area contributed by atoms with E-state index in [-0.39, 0.29) is 23.4 Å². The molecule has 1 N–H and O–H groups in total. The van der Waals surface area contributed by atoms with Crippen molar-refractivity contribution in [3.8, 4) is 11.5 Å². The van der Waals surface area contributed by atoms with Gasteiger partial charge in [-0.3, -0.25) is 4.79 Å². The Hall–Kier alpha value is -2.29. The van der Waals surface area contributed by atoms with Crippen molar-refractivity contribution < 1.29 is 22.7 Å². The van der Waals surface area contributed by atoms with E-state index in [1.165, 1.54) is 29.6 Å². The van der Waals surface area contributed by atoms with Crippen LogP contribution in [-0.2, 0) is 16.6 Å². The van der Waals surface area contributed by atoms with Gasteiger partial charge in [0.2, 0.25) is 10.0 Å². The summed E-state index contributed by atoms with van der Waals surface area (Å²) in [6.07, 6.45) is 0.815. The SMILES string of the molecule is CCCOc1c(Cl)cc(C(=O)NCc2ccc(S(=O)(=O)N(C)C(C)C)cc2)cc1OC. The molecule has 0 saturated carbocycles. The van der Waals surface area contributed by atoms with E-state index in [1.54, 1.807) is 25.2 Å². The minimum Gasteiger partial charge on any atom is -0.493 e. The lowest BCUT2D eigenvalue weighted by Gasteiger charge is -2.21. The van der Waals surface area contributed by atoms with Gasteiger partial charge >= 0.3 is 0 Å². The molecule has 0 heterocycles. The molecule has 2 rings (SSSR count). The van der Waals surface area contributed by atoms with Gasteiger partial charge in [0, 0.05) is 25.2 Å². The fraction of sp³-hybridized carbons (Fsp3) is 0.409. The van der Waals surface area contributed by atoms with Crippen LogP contribution in [0.2, 0.25) is 5.02 Å². The zero-order chi connectivity index (χ0) is 23.2. The maximum atomic E-state index is 12.6. The van der Waals surface area contributed by atoms with Gasteiger partial charge < -0.3 is 14.8 Å². The van der Waals surface area contributed by atoms with Crippen molar-refractivity contribution in [2.75, 3.05) is 20.8 Å². The van der Waals surface area contributed by atoms with E-state index in [0.29, 0.717) is 28.7 Å². The third-order valence-corrected chi connectivity index (χ3v) is 7.05. The molecule has 0 spiro atoms. The highest BCUT2D eigenvalue weighted by molar-refractivity contribution is 7.89. The minimum absolute atomic E-state index is 0.147. The molecule has 2 aromatic carbocycles. The molecule has 0 unspecified atom stereocenters. The average Bonchev–Trinajstić information content (AvgIpc) is 2.75. The van der Waals surface area contributed by atoms with Gasteiger partial charge in [-0.2, -0.15) is 4.31 Å². The first-order valence-corrected chi connectivity index (χ1v) is 11.8. The number of halogens is 1. The molecule has 1 amide bonds. The lowest BCUT2D eigenvalue weighted by Crippen LogP contribution is -2.33. The van der Waals surface area contributed by atoms with Crippen molar-refractivity contribution in [2.24, 2.45) is 0 Å². The van der Waals surface area contributed by atoms with Crippen LogP contribution in [0.5, 0.6) is 11.5 Å². The van der Waals surface area contributed by atoms with Crippen molar-refractivity contribution in [1.29, 1.82) is 0 Å². The number of carbonyl (C=O) groups is 1. The molecule has 2 aromatic rings. The quantitative estimate of drug-likeness (QED) is 0.567. The van der Waals surface area contributed by atoms with Gasteiger partial charge in [-0.05, 0) is 50.1 Å². The number of rotatable bonds is 10. The number of benzene rings is 2. The molecule has 0 aliphatic rings. The van der Waals surface area contributed by atoms with Crippen LogP contribution in [0, 0.1) is 0 Å². The third-order valence-electron chi connectivity index (χ3n) is 4.72. The van der Waals surface area contributed by atoms with E-state index in [2.05, 4.69) is 5.32 Å². The molecule has 0 aliphatic carbocycles. The second-order valence-corrected chi connectivity index (χ2v) is 9.68. The number of nitrogens with one attached hydrogen (secondary N) is 1. The molecule has 31 heavy (non-hydrogen) atoms. The van der Waals surface area contributed by atoms with Crippen LogP contribution in [0.4, 0.5) is 0 Å². The number of ether oxygens (including phenoxy) is 2. The molecule has 0 bridgehead atoms. The number of carbonyl (C=O) groups excluding carboxylic acids is 1. The monoisotopic (exact) mass is 468 g/mol. The molecular weight excluding hydrogens is 440 g/mol. The third kappa shape index (κ3) is 6.12.